The molecule has 0 fully saturated rings. The molecule has 0 saturated carbocycles. The highest BCUT2D eigenvalue weighted by molar-refractivity contribution is 7.99. The maximum Gasteiger partial charge on any atom is 0.230 e. The van der Waals surface area contributed by atoms with Crippen molar-refractivity contribution < 1.29 is 4.79 Å². The molecule has 2 rings (SSSR count). The lowest BCUT2D eigenvalue weighted by Crippen LogP contribution is -2.28. The highest BCUT2D eigenvalue weighted by Gasteiger charge is 2.12. The van der Waals surface area contributed by atoms with Gasteiger partial charge in [-0.25, -0.2) is 0 Å². The second kappa shape index (κ2) is 6.65. The smallest absolute Gasteiger partial charge is 0.230 e. The van der Waals surface area contributed by atoms with Crippen molar-refractivity contribution in [3.63, 3.8) is 0 Å². The van der Waals surface area contributed by atoms with Crippen LogP contribution < -0.4 is 5.32 Å². The van der Waals surface area contributed by atoms with Crippen molar-refractivity contribution in [2.75, 3.05) is 12.3 Å². The summed E-state index contributed by atoms with van der Waals surface area (Å²) < 4.78 is 1.69. The fourth-order valence-electron chi connectivity index (χ4n) is 1.50. The number of aromatic nitrogens is 3. The van der Waals surface area contributed by atoms with E-state index in [9.17, 15) is 4.79 Å². The van der Waals surface area contributed by atoms with Gasteiger partial charge in [-0.15, -0.1) is 10.2 Å². The van der Waals surface area contributed by atoms with Gasteiger partial charge in [-0.3, -0.25) is 9.20 Å². The van der Waals surface area contributed by atoms with E-state index in [2.05, 4.69) is 15.5 Å². The summed E-state index contributed by atoms with van der Waals surface area (Å²) in [6, 6.07) is 1.61. The summed E-state index contributed by atoms with van der Waals surface area (Å²) in [5.41, 5.74) is 0.529. The minimum atomic E-state index is -0.0337. The molecule has 0 atom stereocenters. The number of nitrogens with one attached hydrogen (secondary N) is 1. The third-order valence-electron chi connectivity index (χ3n) is 2.44. The fourth-order valence-corrected chi connectivity index (χ4v) is 2.75. The summed E-state index contributed by atoms with van der Waals surface area (Å²) in [5, 5.41) is 12.4. The molecule has 5 nitrogen and oxygen atoms in total. The number of halogens is 2. The Morgan fingerprint density at radius 1 is 1.45 bits per heavy atom. The summed E-state index contributed by atoms with van der Waals surface area (Å²) in [6.45, 7) is 4.75. The van der Waals surface area contributed by atoms with Crippen molar-refractivity contribution in [1.29, 1.82) is 0 Å². The van der Waals surface area contributed by atoms with Gasteiger partial charge >= 0.3 is 0 Å². The van der Waals surface area contributed by atoms with Crippen molar-refractivity contribution in [1.82, 2.24) is 19.9 Å². The summed E-state index contributed by atoms with van der Waals surface area (Å²) in [7, 11) is 0. The minimum absolute atomic E-state index is 0.0337. The molecule has 2 heterocycles. The average Bonchev–Trinajstić information content (AvgIpc) is 2.77. The van der Waals surface area contributed by atoms with Crippen molar-refractivity contribution in [2.24, 2.45) is 5.92 Å². The van der Waals surface area contributed by atoms with Gasteiger partial charge in [0.15, 0.2) is 10.8 Å². The lowest BCUT2D eigenvalue weighted by molar-refractivity contribution is -0.118. The molecule has 0 aliphatic heterocycles. The van der Waals surface area contributed by atoms with Crippen LogP contribution in [0, 0.1) is 5.92 Å². The number of fused-ring (bicyclic) bond motifs is 1. The Morgan fingerprint density at radius 2 is 2.20 bits per heavy atom. The van der Waals surface area contributed by atoms with E-state index in [0.717, 1.165) is 0 Å². The highest BCUT2D eigenvalue weighted by atomic mass is 35.5. The molecule has 0 aliphatic rings. The molecule has 0 radical (unpaired) electrons. The van der Waals surface area contributed by atoms with E-state index >= 15 is 0 Å². The Morgan fingerprint density at radius 3 is 2.90 bits per heavy atom. The molecule has 0 aliphatic carbocycles. The number of amides is 1. The van der Waals surface area contributed by atoms with Crippen molar-refractivity contribution in [3.8, 4) is 0 Å². The number of nitrogens with zero attached hydrogens (tertiary/aromatic N) is 3. The second-order valence-electron chi connectivity index (χ2n) is 4.67. The molecule has 0 bridgehead atoms. The summed E-state index contributed by atoms with van der Waals surface area (Å²) in [5.74, 6) is 0.668. The van der Waals surface area contributed by atoms with E-state index in [0.29, 0.717) is 33.3 Å². The lowest BCUT2D eigenvalue weighted by atomic mass is 10.2. The SMILES string of the molecule is CC(C)CNC(=O)CSc1nnc2c(Cl)cc(Cl)cn12. The number of carbonyl (C=O) groups excluding carboxylic acids is 1. The topological polar surface area (TPSA) is 59.3 Å². The van der Waals surface area contributed by atoms with Crippen LogP contribution in [-0.4, -0.2) is 32.8 Å². The Balaban J connectivity index is 2.05. The van der Waals surface area contributed by atoms with Crippen LogP contribution in [0.15, 0.2) is 17.4 Å². The van der Waals surface area contributed by atoms with Gasteiger partial charge in [-0.1, -0.05) is 48.8 Å². The summed E-state index contributed by atoms with van der Waals surface area (Å²) in [4.78, 5) is 11.7. The van der Waals surface area contributed by atoms with Crippen molar-refractivity contribution in [3.05, 3.63) is 22.3 Å². The van der Waals surface area contributed by atoms with E-state index < -0.39 is 0 Å². The molecule has 0 spiro atoms. The first-order chi connectivity index (χ1) is 9.47. The molecule has 2 aromatic rings. The number of thioether (sulfide) groups is 1. The molecule has 1 amide bonds. The first-order valence-electron chi connectivity index (χ1n) is 6.06. The standard InChI is InChI=1S/C12H14Cl2N4OS/c1-7(2)4-15-10(19)6-20-12-17-16-11-9(14)3-8(13)5-18(11)12/h3,5,7H,4,6H2,1-2H3,(H,15,19). The van der Waals surface area contributed by atoms with Gasteiger partial charge in [0.2, 0.25) is 5.91 Å². The van der Waals surface area contributed by atoms with Crippen LogP contribution in [0.3, 0.4) is 0 Å². The zero-order chi connectivity index (χ0) is 14.7. The number of carbonyl (C=O) groups is 1. The van der Waals surface area contributed by atoms with Crippen LogP contribution in [-0.2, 0) is 4.79 Å². The third-order valence-corrected chi connectivity index (χ3v) is 3.86. The second-order valence-corrected chi connectivity index (χ2v) is 6.46. The predicted molar refractivity (Wildman–Crippen MR) is 81.6 cm³/mol. The van der Waals surface area contributed by atoms with Gasteiger partial charge in [0, 0.05) is 12.7 Å². The molecule has 0 saturated heterocycles. The van der Waals surface area contributed by atoms with Gasteiger partial charge in [-0.2, -0.15) is 0 Å². The van der Waals surface area contributed by atoms with Crippen LogP contribution in [0.2, 0.25) is 10.0 Å². The van der Waals surface area contributed by atoms with Crippen molar-refractivity contribution in [2.45, 2.75) is 19.0 Å². The first kappa shape index (κ1) is 15.4. The maximum absolute atomic E-state index is 11.7. The van der Waals surface area contributed by atoms with E-state index in [1.807, 2.05) is 13.8 Å². The zero-order valence-corrected chi connectivity index (χ0v) is 13.4. The predicted octanol–water partition coefficient (Wildman–Crippen LogP) is 2.90. The van der Waals surface area contributed by atoms with Gasteiger partial charge in [0.05, 0.1) is 15.8 Å². The van der Waals surface area contributed by atoms with Gasteiger partial charge < -0.3 is 5.32 Å². The Kier molecular flexibility index (Phi) is 5.12. The Bertz CT molecular complexity index is 629. The highest BCUT2D eigenvalue weighted by Crippen LogP contribution is 2.25. The molecule has 20 heavy (non-hydrogen) atoms. The van der Waals surface area contributed by atoms with Crippen LogP contribution in [0.4, 0.5) is 0 Å². The summed E-state index contributed by atoms with van der Waals surface area (Å²) >= 11 is 13.3. The monoisotopic (exact) mass is 332 g/mol. The molecule has 1 N–H and O–H groups in total. The number of rotatable bonds is 5. The fraction of sp³-hybridized carbons (Fsp3) is 0.417. The van der Waals surface area contributed by atoms with Gasteiger partial charge in [0.1, 0.15) is 0 Å². The van der Waals surface area contributed by atoms with E-state index in [1.54, 1.807) is 16.7 Å². The molecule has 0 unspecified atom stereocenters. The lowest BCUT2D eigenvalue weighted by Gasteiger charge is -2.06. The number of pyridine rings is 1. The number of hydrogen-bond donors (Lipinski definition) is 1. The molecule has 2 aromatic heterocycles. The van der Waals surface area contributed by atoms with E-state index in [4.69, 9.17) is 23.2 Å². The molecule has 8 heteroatoms. The third kappa shape index (κ3) is 3.77. The van der Waals surface area contributed by atoms with Crippen LogP contribution in [0.1, 0.15) is 13.8 Å². The zero-order valence-electron chi connectivity index (χ0n) is 11.1. The van der Waals surface area contributed by atoms with Crippen LogP contribution in [0.5, 0.6) is 0 Å². The maximum atomic E-state index is 11.7. The van der Waals surface area contributed by atoms with Crippen molar-refractivity contribution >= 4 is 46.5 Å². The molecular formula is C12H14Cl2N4OS. The van der Waals surface area contributed by atoms with E-state index in [1.165, 1.54) is 11.8 Å². The minimum Gasteiger partial charge on any atom is -0.355 e. The van der Waals surface area contributed by atoms with Crippen LogP contribution >= 0.6 is 35.0 Å². The number of hydrogen-bond acceptors (Lipinski definition) is 4. The van der Waals surface area contributed by atoms with Crippen LogP contribution in [0.25, 0.3) is 5.65 Å². The van der Waals surface area contributed by atoms with E-state index in [-0.39, 0.29) is 11.7 Å². The first-order valence-corrected chi connectivity index (χ1v) is 7.81. The quantitative estimate of drug-likeness (QED) is 0.855. The Hall–Kier alpha value is -0.980. The average molecular weight is 333 g/mol. The van der Waals surface area contributed by atoms with Gasteiger partial charge in [0.25, 0.3) is 0 Å². The summed E-state index contributed by atoms with van der Waals surface area (Å²) in [6.07, 6.45) is 1.68. The van der Waals surface area contributed by atoms with Gasteiger partial charge in [-0.05, 0) is 12.0 Å². The molecule has 0 aromatic carbocycles. The largest absolute Gasteiger partial charge is 0.355 e. The molecule has 108 valence electrons. The normalized spacial score (nSPS) is 11.2. The molecular weight excluding hydrogens is 319 g/mol. The Labute approximate surface area is 131 Å².